The number of nitrogens with one attached hydrogen (secondary N) is 1. The minimum absolute atomic E-state index is 0.162. The molecule has 3 amide bonds. The molecule has 11 nitrogen and oxygen atoms in total. The van der Waals surface area contributed by atoms with Crippen LogP contribution in [0.15, 0.2) is 77.9 Å². The fourth-order valence-electron chi connectivity index (χ4n) is 5.39. The van der Waals surface area contributed by atoms with Crippen LogP contribution in [0, 0.1) is 0 Å². The van der Waals surface area contributed by atoms with Gasteiger partial charge in [0, 0.05) is 44.2 Å². The highest BCUT2D eigenvalue weighted by Gasteiger charge is 2.35. The predicted octanol–water partition coefficient (Wildman–Crippen LogP) is 4.26. The Morgan fingerprint density at radius 2 is 1.66 bits per heavy atom. The number of carbonyl (C=O) groups excluding carboxylic acids is 2. The number of hydrazone groups is 1. The lowest BCUT2D eigenvalue weighted by Crippen LogP contribution is -2.47. The van der Waals surface area contributed by atoms with Crippen LogP contribution in [0.5, 0.6) is 17.2 Å². The highest BCUT2D eigenvalue weighted by atomic mass is 16.5. The van der Waals surface area contributed by atoms with Gasteiger partial charge in [-0.3, -0.25) is 9.69 Å². The summed E-state index contributed by atoms with van der Waals surface area (Å²) in [6, 6.07) is 21.8. The van der Waals surface area contributed by atoms with Crippen molar-refractivity contribution in [3.05, 3.63) is 83.9 Å². The Hall–Kier alpha value is -4.61. The van der Waals surface area contributed by atoms with Crippen molar-refractivity contribution in [2.24, 2.45) is 5.10 Å². The molecule has 1 N–H and O–H groups in total. The molecule has 1 saturated heterocycles. The molecule has 5 rings (SSSR count). The van der Waals surface area contributed by atoms with Gasteiger partial charge in [-0.25, -0.2) is 9.80 Å². The summed E-state index contributed by atoms with van der Waals surface area (Å²) in [6.07, 6.45) is 0.486. The number of rotatable bonds is 11. The molecule has 232 valence electrons. The van der Waals surface area contributed by atoms with Crippen LogP contribution in [0.2, 0.25) is 0 Å². The van der Waals surface area contributed by atoms with Crippen molar-refractivity contribution >= 4 is 23.3 Å². The molecule has 0 aliphatic carbocycles. The number of anilines is 1. The smallest absolute Gasteiger partial charge is 0.322 e. The van der Waals surface area contributed by atoms with Crippen LogP contribution in [0.4, 0.5) is 10.5 Å². The van der Waals surface area contributed by atoms with E-state index in [1.807, 2.05) is 54.6 Å². The van der Waals surface area contributed by atoms with Crippen molar-refractivity contribution in [2.45, 2.75) is 12.5 Å². The molecule has 2 heterocycles. The number of amides is 3. The Bertz CT molecular complexity index is 1460. The lowest BCUT2D eigenvalue weighted by Gasteiger charge is -2.31. The molecule has 2 aliphatic rings. The maximum absolute atomic E-state index is 14.1. The normalized spacial score (nSPS) is 16.7. The number of hydrogen-bond acceptors (Lipinski definition) is 8. The fraction of sp³-hybridized carbons (Fsp3) is 0.364. The third-order valence-corrected chi connectivity index (χ3v) is 7.82. The van der Waals surface area contributed by atoms with E-state index in [1.54, 1.807) is 39.5 Å². The van der Waals surface area contributed by atoms with Crippen LogP contribution in [0.25, 0.3) is 0 Å². The zero-order chi connectivity index (χ0) is 30.9. The number of methoxy groups -OCH3 is 3. The maximum Gasteiger partial charge on any atom is 0.322 e. The lowest BCUT2D eigenvalue weighted by atomic mass is 9.98. The first-order valence-corrected chi connectivity index (χ1v) is 14.7. The van der Waals surface area contributed by atoms with Gasteiger partial charge in [0.15, 0.2) is 0 Å². The van der Waals surface area contributed by atoms with Gasteiger partial charge in [-0.05, 0) is 29.8 Å². The molecule has 0 saturated carbocycles. The van der Waals surface area contributed by atoms with E-state index >= 15 is 0 Å². The van der Waals surface area contributed by atoms with Gasteiger partial charge < -0.3 is 29.2 Å². The third kappa shape index (κ3) is 7.29. The number of morpholine rings is 1. The summed E-state index contributed by atoms with van der Waals surface area (Å²) < 4.78 is 21.9. The summed E-state index contributed by atoms with van der Waals surface area (Å²) >= 11 is 0. The van der Waals surface area contributed by atoms with Crippen molar-refractivity contribution in [3.63, 3.8) is 0 Å². The molecule has 11 heteroatoms. The number of carbonyl (C=O) groups is 2. The Balaban J connectivity index is 1.42. The minimum atomic E-state index is -0.396. The van der Waals surface area contributed by atoms with Gasteiger partial charge in [0.1, 0.15) is 23.8 Å². The summed E-state index contributed by atoms with van der Waals surface area (Å²) in [5.41, 5.74) is 2.97. The molecule has 0 radical (unpaired) electrons. The van der Waals surface area contributed by atoms with Gasteiger partial charge in [-0.2, -0.15) is 5.10 Å². The molecule has 1 fully saturated rings. The second kappa shape index (κ2) is 14.7. The van der Waals surface area contributed by atoms with Gasteiger partial charge in [0.25, 0.3) is 5.91 Å². The predicted molar refractivity (Wildman–Crippen MR) is 168 cm³/mol. The zero-order valence-corrected chi connectivity index (χ0v) is 25.4. The van der Waals surface area contributed by atoms with Crippen molar-refractivity contribution in [1.82, 2.24) is 14.8 Å². The van der Waals surface area contributed by atoms with Crippen molar-refractivity contribution < 1.29 is 28.5 Å². The molecular formula is C33H39N5O6. The number of benzene rings is 3. The largest absolute Gasteiger partial charge is 0.497 e. The van der Waals surface area contributed by atoms with Gasteiger partial charge in [-0.15, -0.1) is 0 Å². The number of para-hydroxylation sites is 2. The van der Waals surface area contributed by atoms with Gasteiger partial charge in [0.2, 0.25) is 0 Å². The minimum Gasteiger partial charge on any atom is -0.497 e. The summed E-state index contributed by atoms with van der Waals surface area (Å²) in [5, 5.41) is 9.27. The monoisotopic (exact) mass is 601 g/mol. The molecular weight excluding hydrogens is 562 g/mol. The molecule has 0 spiro atoms. The topological polar surface area (TPSA) is 105 Å². The summed E-state index contributed by atoms with van der Waals surface area (Å²) in [5.74, 6) is 1.51. The second-order valence-electron chi connectivity index (χ2n) is 10.5. The average Bonchev–Trinajstić information content (AvgIpc) is 3.53. The Morgan fingerprint density at radius 3 is 2.39 bits per heavy atom. The maximum atomic E-state index is 14.1. The van der Waals surface area contributed by atoms with Crippen LogP contribution in [-0.4, -0.2) is 99.7 Å². The molecule has 0 bridgehead atoms. The average molecular weight is 602 g/mol. The molecule has 44 heavy (non-hydrogen) atoms. The van der Waals surface area contributed by atoms with Crippen LogP contribution >= 0.6 is 0 Å². The van der Waals surface area contributed by atoms with Crippen LogP contribution in [0.3, 0.4) is 0 Å². The van der Waals surface area contributed by atoms with E-state index in [9.17, 15) is 9.59 Å². The molecule has 3 aromatic carbocycles. The highest BCUT2D eigenvalue weighted by molar-refractivity contribution is 6.05. The van der Waals surface area contributed by atoms with E-state index in [0.29, 0.717) is 61.4 Å². The first kappa shape index (κ1) is 30.8. The zero-order valence-electron chi connectivity index (χ0n) is 25.4. The molecule has 3 aromatic rings. The Kier molecular flexibility index (Phi) is 10.3. The molecule has 0 aromatic heterocycles. The number of ether oxygens (including phenoxy) is 4. The van der Waals surface area contributed by atoms with Gasteiger partial charge in [-0.1, -0.05) is 42.5 Å². The lowest BCUT2D eigenvalue weighted by molar-refractivity contribution is -0.133. The van der Waals surface area contributed by atoms with Crippen molar-refractivity contribution in [3.8, 4) is 17.2 Å². The van der Waals surface area contributed by atoms with E-state index in [2.05, 4.69) is 10.2 Å². The van der Waals surface area contributed by atoms with Crippen molar-refractivity contribution in [1.29, 1.82) is 0 Å². The highest BCUT2D eigenvalue weighted by Crippen LogP contribution is 2.36. The first-order valence-electron chi connectivity index (χ1n) is 14.7. The fourth-order valence-corrected chi connectivity index (χ4v) is 5.39. The van der Waals surface area contributed by atoms with Crippen molar-refractivity contribution in [2.75, 3.05) is 72.6 Å². The molecule has 1 atom stereocenters. The summed E-state index contributed by atoms with van der Waals surface area (Å²) in [7, 11) is 4.75. The van der Waals surface area contributed by atoms with Gasteiger partial charge in [0.05, 0.1) is 52.0 Å². The van der Waals surface area contributed by atoms with E-state index < -0.39 is 6.03 Å². The summed E-state index contributed by atoms with van der Waals surface area (Å²) in [4.78, 5) is 31.5. The third-order valence-electron chi connectivity index (χ3n) is 7.82. The van der Waals surface area contributed by atoms with Gasteiger partial charge >= 0.3 is 6.03 Å². The van der Waals surface area contributed by atoms with E-state index in [-0.39, 0.29) is 18.5 Å². The second-order valence-corrected chi connectivity index (χ2v) is 10.5. The van der Waals surface area contributed by atoms with E-state index in [4.69, 9.17) is 24.0 Å². The first-order chi connectivity index (χ1) is 21.5. The quantitative estimate of drug-likeness (QED) is 0.350. The SMILES string of the molecule is COc1ccc(C2=NN(C(=O)CN(CCN3CCOCC3)C(=O)Nc3ccccc3OC)[C@H](c3ccccc3)C2)c(OC)c1. The Morgan fingerprint density at radius 1 is 0.932 bits per heavy atom. The number of nitrogens with zero attached hydrogens (tertiary/aromatic N) is 4. The number of urea groups is 1. The summed E-state index contributed by atoms with van der Waals surface area (Å²) in [6.45, 7) is 3.63. The molecule has 0 unspecified atom stereocenters. The van der Waals surface area contributed by atoms with E-state index in [1.165, 1.54) is 9.91 Å². The number of hydrogen-bond donors (Lipinski definition) is 1. The standard InChI is InChI=1S/C33H39N5O6/c1-41-25-13-14-26(31(21-25)43-3)28-22-29(24-9-5-4-6-10-24)38(35-28)32(39)23-37(16-15-36-17-19-44-20-18-36)33(40)34-27-11-7-8-12-30(27)42-2/h4-14,21,29H,15-20,22-23H2,1-3H3,(H,34,40)/t29-/m0/s1. The van der Waals surface area contributed by atoms with E-state index in [0.717, 1.165) is 24.2 Å². The van der Waals surface area contributed by atoms with Crippen LogP contribution < -0.4 is 19.5 Å². The van der Waals surface area contributed by atoms with Crippen LogP contribution in [0.1, 0.15) is 23.6 Å². The van der Waals surface area contributed by atoms with Crippen LogP contribution in [-0.2, 0) is 9.53 Å². The molecule has 2 aliphatic heterocycles. The Labute approximate surface area is 257 Å².